The van der Waals surface area contributed by atoms with Crippen LogP contribution in [0.4, 0.5) is 0 Å². The number of carbonyl (C=O) groups excluding carboxylic acids is 2. The molecule has 0 unspecified atom stereocenters. The third-order valence-electron chi connectivity index (χ3n) is 4.42. The molecule has 1 aromatic carbocycles. The fraction of sp³-hybridized carbons (Fsp3) is 0.529. The van der Waals surface area contributed by atoms with Crippen molar-refractivity contribution in [1.29, 1.82) is 0 Å². The van der Waals surface area contributed by atoms with Crippen LogP contribution in [0.25, 0.3) is 0 Å². The highest BCUT2D eigenvalue weighted by molar-refractivity contribution is 7.89. The van der Waals surface area contributed by atoms with Crippen LogP contribution >= 0.6 is 0 Å². The summed E-state index contributed by atoms with van der Waals surface area (Å²) >= 11 is 0. The summed E-state index contributed by atoms with van der Waals surface area (Å²) in [6.07, 6.45) is 5.02. The van der Waals surface area contributed by atoms with E-state index in [9.17, 15) is 23.1 Å². The van der Waals surface area contributed by atoms with Crippen molar-refractivity contribution in [2.24, 2.45) is 0 Å². The van der Waals surface area contributed by atoms with E-state index in [-0.39, 0.29) is 22.3 Å². The molecule has 0 spiro atoms. The summed E-state index contributed by atoms with van der Waals surface area (Å²) in [7, 11) is -1.54. The number of ether oxygens (including phenoxy) is 1. The number of sulfonamides is 1. The van der Waals surface area contributed by atoms with Gasteiger partial charge in [-0.05, 0) is 31.0 Å². The first-order chi connectivity index (χ1) is 12.3. The van der Waals surface area contributed by atoms with Crippen molar-refractivity contribution in [3.8, 4) is 5.75 Å². The number of aliphatic carboxylic acids is 1. The molecule has 0 bridgehead atoms. The number of carbonyl (C=O) groups is 2. The first-order valence-corrected chi connectivity index (χ1v) is 9.85. The van der Waals surface area contributed by atoms with Gasteiger partial charge >= 0.3 is 0 Å². The maximum absolute atomic E-state index is 12.6. The van der Waals surface area contributed by atoms with Crippen molar-refractivity contribution in [3.63, 3.8) is 0 Å². The van der Waals surface area contributed by atoms with Crippen LogP contribution in [-0.2, 0) is 14.8 Å². The summed E-state index contributed by atoms with van der Waals surface area (Å²) in [5, 5.41) is 13.6. The molecule has 9 heteroatoms. The molecule has 144 valence electrons. The summed E-state index contributed by atoms with van der Waals surface area (Å²) in [6.45, 7) is -0.780. The van der Waals surface area contributed by atoms with Gasteiger partial charge in [-0.1, -0.05) is 19.3 Å². The van der Waals surface area contributed by atoms with Gasteiger partial charge < -0.3 is 20.0 Å². The lowest BCUT2D eigenvalue weighted by Gasteiger charge is -2.23. The molecule has 0 radical (unpaired) electrons. The van der Waals surface area contributed by atoms with E-state index in [0.717, 1.165) is 39.2 Å². The van der Waals surface area contributed by atoms with Gasteiger partial charge in [0.1, 0.15) is 5.75 Å². The zero-order valence-corrected chi connectivity index (χ0v) is 15.7. The van der Waals surface area contributed by atoms with Crippen molar-refractivity contribution in [2.45, 2.75) is 43.0 Å². The smallest absolute Gasteiger partial charge is 0.255 e. The topological polar surface area (TPSA) is 116 Å². The largest absolute Gasteiger partial charge is 0.549 e. The molecule has 0 aromatic heterocycles. The highest BCUT2D eigenvalue weighted by atomic mass is 32.2. The van der Waals surface area contributed by atoms with E-state index in [4.69, 9.17) is 4.74 Å². The summed E-state index contributed by atoms with van der Waals surface area (Å²) < 4.78 is 30.8. The highest BCUT2D eigenvalue weighted by Crippen LogP contribution is 2.25. The van der Waals surface area contributed by atoms with Crippen molar-refractivity contribution >= 4 is 21.9 Å². The van der Waals surface area contributed by atoms with Gasteiger partial charge in [-0.2, -0.15) is 4.31 Å². The van der Waals surface area contributed by atoms with Gasteiger partial charge in [0.15, 0.2) is 0 Å². The molecule has 1 aromatic rings. The number of nitrogens with one attached hydrogen (secondary N) is 1. The van der Waals surface area contributed by atoms with E-state index >= 15 is 0 Å². The number of methoxy groups -OCH3 is 1. The standard InChI is InChI=1S/C17H24N2O6S/c1-19(11-16(20)21)26(23,24)13-8-9-15(25-2)14(10-13)17(22)18-12-6-4-3-5-7-12/h8-10,12H,3-7,11H2,1-2H3,(H,18,22)(H,20,21)/p-1. The fourth-order valence-corrected chi connectivity index (χ4v) is 4.12. The Bertz CT molecular complexity index is 771. The molecule has 1 saturated carbocycles. The van der Waals surface area contributed by atoms with Crippen LogP contribution in [0, 0.1) is 0 Å². The first kappa shape index (κ1) is 20.2. The maximum atomic E-state index is 12.6. The van der Waals surface area contributed by atoms with E-state index in [1.165, 1.54) is 25.3 Å². The van der Waals surface area contributed by atoms with Crippen LogP contribution in [0.5, 0.6) is 5.75 Å². The Kier molecular flexibility index (Phi) is 6.60. The Labute approximate surface area is 153 Å². The molecular formula is C17H23N2O6S-. The quantitative estimate of drug-likeness (QED) is 0.715. The van der Waals surface area contributed by atoms with Crippen molar-refractivity contribution < 1.29 is 27.9 Å². The van der Waals surface area contributed by atoms with Gasteiger partial charge in [-0.15, -0.1) is 0 Å². The molecule has 0 heterocycles. The Hall–Kier alpha value is -2.13. The molecule has 1 amide bonds. The number of hydrogen-bond donors (Lipinski definition) is 1. The van der Waals surface area contributed by atoms with Gasteiger partial charge in [0.25, 0.3) is 5.91 Å². The van der Waals surface area contributed by atoms with Crippen LogP contribution in [0.1, 0.15) is 42.5 Å². The highest BCUT2D eigenvalue weighted by Gasteiger charge is 2.25. The number of hydrogen-bond acceptors (Lipinski definition) is 6. The Morgan fingerprint density at radius 3 is 2.50 bits per heavy atom. The third-order valence-corrected chi connectivity index (χ3v) is 6.22. The molecule has 0 saturated heterocycles. The number of benzene rings is 1. The number of likely N-dealkylation sites (N-methyl/N-ethyl adjacent to an activating group) is 1. The van der Waals surface area contributed by atoms with Crippen LogP contribution in [0.15, 0.2) is 23.1 Å². The lowest BCUT2D eigenvalue weighted by atomic mass is 9.95. The van der Waals surface area contributed by atoms with E-state index in [2.05, 4.69) is 5.32 Å². The normalized spacial score (nSPS) is 15.7. The van der Waals surface area contributed by atoms with E-state index in [0.29, 0.717) is 4.31 Å². The van der Waals surface area contributed by atoms with Crippen molar-refractivity contribution in [1.82, 2.24) is 9.62 Å². The third kappa shape index (κ3) is 4.73. The number of rotatable bonds is 7. The van der Waals surface area contributed by atoms with Crippen LogP contribution < -0.4 is 15.2 Å². The second-order valence-corrected chi connectivity index (χ2v) is 8.35. The van der Waals surface area contributed by atoms with Gasteiger partial charge in [-0.3, -0.25) is 4.79 Å². The molecule has 1 N–H and O–H groups in total. The van der Waals surface area contributed by atoms with Gasteiger partial charge in [0, 0.05) is 13.1 Å². The molecule has 2 rings (SSSR count). The molecule has 8 nitrogen and oxygen atoms in total. The zero-order valence-electron chi connectivity index (χ0n) is 14.9. The average Bonchev–Trinajstić information content (AvgIpc) is 2.61. The van der Waals surface area contributed by atoms with Crippen LogP contribution in [0.3, 0.4) is 0 Å². The van der Waals surface area contributed by atoms with Crippen molar-refractivity contribution in [3.05, 3.63) is 23.8 Å². The van der Waals surface area contributed by atoms with Crippen molar-refractivity contribution in [2.75, 3.05) is 20.7 Å². The van der Waals surface area contributed by atoms with E-state index in [1.807, 2.05) is 0 Å². The number of nitrogens with zero attached hydrogens (tertiary/aromatic N) is 1. The Balaban J connectivity index is 2.29. The second-order valence-electron chi connectivity index (χ2n) is 6.30. The van der Waals surface area contributed by atoms with Crippen LogP contribution in [-0.4, -0.2) is 51.3 Å². The summed E-state index contributed by atoms with van der Waals surface area (Å²) in [5.41, 5.74) is 0.0981. The maximum Gasteiger partial charge on any atom is 0.255 e. The molecule has 26 heavy (non-hydrogen) atoms. The number of amides is 1. The lowest BCUT2D eigenvalue weighted by molar-refractivity contribution is -0.305. The monoisotopic (exact) mass is 383 g/mol. The average molecular weight is 383 g/mol. The van der Waals surface area contributed by atoms with E-state index in [1.54, 1.807) is 0 Å². The van der Waals surface area contributed by atoms with Gasteiger partial charge in [0.05, 0.1) is 30.1 Å². The predicted octanol–water partition coefficient (Wildman–Crippen LogP) is 0.128. The summed E-state index contributed by atoms with van der Waals surface area (Å²) in [4.78, 5) is 23.1. The molecule has 1 aliphatic rings. The minimum atomic E-state index is -4.07. The zero-order chi connectivity index (χ0) is 19.3. The Morgan fingerprint density at radius 1 is 1.27 bits per heavy atom. The molecular weight excluding hydrogens is 360 g/mol. The minimum absolute atomic E-state index is 0.0574. The first-order valence-electron chi connectivity index (χ1n) is 8.40. The minimum Gasteiger partial charge on any atom is -0.549 e. The summed E-state index contributed by atoms with van der Waals surface area (Å²) in [5.74, 6) is -1.67. The predicted molar refractivity (Wildman–Crippen MR) is 92.2 cm³/mol. The van der Waals surface area contributed by atoms with Gasteiger partial charge in [-0.25, -0.2) is 8.42 Å². The Morgan fingerprint density at radius 2 is 1.92 bits per heavy atom. The molecule has 1 aliphatic carbocycles. The molecule has 0 atom stereocenters. The second kappa shape index (κ2) is 8.50. The SMILES string of the molecule is COc1ccc(S(=O)(=O)N(C)CC(=O)[O-])cc1C(=O)NC1CCCCC1. The molecule has 1 fully saturated rings. The lowest BCUT2D eigenvalue weighted by Crippen LogP contribution is -2.39. The fourth-order valence-electron chi connectivity index (χ4n) is 2.98. The number of carboxylic acids is 1. The number of carboxylic acid groups (broad SMARTS) is 1. The van der Waals surface area contributed by atoms with Crippen LogP contribution in [0.2, 0.25) is 0 Å². The van der Waals surface area contributed by atoms with Gasteiger partial charge in [0.2, 0.25) is 10.0 Å². The summed E-state index contributed by atoms with van der Waals surface area (Å²) in [6, 6.07) is 3.92. The van der Waals surface area contributed by atoms with E-state index < -0.39 is 28.4 Å². The molecule has 0 aliphatic heterocycles.